The van der Waals surface area contributed by atoms with E-state index in [0.29, 0.717) is 11.8 Å². The molecule has 2 unspecified atom stereocenters. The largest absolute Gasteiger partial charge is 0.312 e. The van der Waals surface area contributed by atoms with Gasteiger partial charge in [0.25, 0.3) is 0 Å². The molecule has 0 aromatic rings. The topological polar surface area (TPSA) is 3.24 Å². The monoisotopic (exact) mass is 331 g/mol. The average Bonchev–Trinajstić information content (AvgIpc) is 2.56. The summed E-state index contributed by atoms with van der Waals surface area (Å²) in [7, 11) is 1.99. The molecule has 0 aromatic carbocycles. The first-order chi connectivity index (χ1) is 11.9. The summed E-state index contributed by atoms with van der Waals surface area (Å²) in [6.45, 7) is 18.9. The van der Waals surface area contributed by atoms with E-state index in [1.54, 1.807) is 6.08 Å². The predicted molar refractivity (Wildman–Crippen MR) is 116 cm³/mol. The molecule has 0 aliphatic carbocycles. The molecule has 1 aliphatic rings. The van der Waals surface area contributed by atoms with E-state index in [1.807, 2.05) is 43.0 Å². The molecule has 130 valence electrons. The van der Waals surface area contributed by atoms with Crippen LogP contribution in [0.5, 0.6) is 0 Å². The maximum Gasteiger partial charge on any atom is 0.129 e. The molecule has 0 aromatic heterocycles. The van der Waals surface area contributed by atoms with Crippen molar-refractivity contribution in [3.05, 3.63) is 109 Å². The van der Waals surface area contributed by atoms with Gasteiger partial charge in [0.05, 0.1) is 0 Å². The summed E-state index contributed by atoms with van der Waals surface area (Å²) in [5.74, 6) is 2.95. The highest BCUT2D eigenvalue weighted by molar-refractivity contribution is 6.17. The van der Waals surface area contributed by atoms with E-state index in [1.165, 1.54) is 0 Å². The number of allylic oxidation sites excluding steroid dienone is 11. The van der Waals surface area contributed by atoms with Crippen LogP contribution in [-0.2, 0) is 0 Å². The minimum atomic E-state index is 0.473. The lowest BCUT2D eigenvalue weighted by molar-refractivity contribution is 0.558. The van der Waals surface area contributed by atoms with Gasteiger partial charge in [-0.3, -0.25) is 0 Å². The Morgan fingerprint density at radius 3 is 2.40 bits per heavy atom. The summed E-state index contributed by atoms with van der Waals surface area (Å²) >= 11 is 0. The van der Waals surface area contributed by atoms with E-state index < -0.39 is 0 Å². The Kier molecular flexibility index (Phi) is 8.56. The molecule has 2 atom stereocenters. The van der Waals surface area contributed by atoms with Crippen molar-refractivity contribution in [2.75, 3.05) is 0 Å². The minimum Gasteiger partial charge on any atom is -0.312 e. The van der Waals surface area contributed by atoms with Gasteiger partial charge in [-0.15, -0.1) is 5.98 Å². The lowest BCUT2D eigenvalue weighted by atomic mass is 9.94. The van der Waals surface area contributed by atoms with Crippen LogP contribution in [-0.4, -0.2) is 12.7 Å². The highest BCUT2D eigenvalue weighted by atomic mass is 15.2. The molecule has 1 aliphatic heterocycles. The third kappa shape index (κ3) is 6.50. The molecule has 0 N–H and O–H groups in total. The van der Waals surface area contributed by atoms with E-state index in [9.17, 15) is 0 Å². The fourth-order valence-electron chi connectivity index (χ4n) is 2.52. The first-order valence-corrected chi connectivity index (χ1v) is 8.75. The van der Waals surface area contributed by atoms with E-state index in [-0.39, 0.29) is 0 Å². The molecule has 1 heterocycles. The van der Waals surface area contributed by atoms with Crippen LogP contribution in [0.1, 0.15) is 20.8 Å². The van der Waals surface area contributed by atoms with Crippen LogP contribution in [0.25, 0.3) is 0 Å². The zero-order valence-corrected chi connectivity index (χ0v) is 16.1. The van der Waals surface area contributed by atoms with Crippen molar-refractivity contribution >= 4 is 7.85 Å². The highest BCUT2D eigenvalue weighted by Crippen LogP contribution is 2.23. The summed E-state index contributed by atoms with van der Waals surface area (Å²) in [4.78, 5) is 2.04. The smallest absolute Gasteiger partial charge is 0.129 e. The van der Waals surface area contributed by atoms with Crippen molar-refractivity contribution in [2.24, 2.45) is 11.8 Å². The van der Waals surface area contributed by atoms with E-state index in [0.717, 1.165) is 22.7 Å². The third-order valence-corrected chi connectivity index (χ3v) is 4.16. The van der Waals surface area contributed by atoms with E-state index >= 15 is 0 Å². The zero-order valence-electron chi connectivity index (χ0n) is 16.1. The lowest BCUT2D eigenvalue weighted by Gasteiger charge is -2.27. The molecular formula is C23H30BN. The van der Waals surface area contributed by atoms with Crippen molar-refractivity contribution < 1.29 is 0 Å². The molecule has 0 saturated carbocycles. The van der Waals surface area contributed by atoms with Gasteiger partial charge in [0.1, 0.15) is 7.85 Å². The Bertz CT molecular complexity index is 683. The quantitative estimate of drug-likeness (QED) is 0.492. The molecule has 25 heavy (non-hydrogen) atoms. The Hall–Kier alpha value is -2.48. The number of hydrogen-bond acceptors (Lipinski definition) is 1. The Morgan fingerprint density at radius 2 is 1.76 bits per heavy atom. The molecule has 0 amide bonds. The van der Waals surface area contributed by atoms with Crippen LogP contribution in [0, 0.1) is 11.8 Å². The number of rotatable bonds is 3. The molecule has 0 radical (unpaired) electrons. The van der Waals surface area contributed by atoms with Crippen LogP contribution in [0.15, 0.2) is 109 Å². The van der Waals surface area contributed by atoms with Gasteiger partial charge in [0.15, 0.2) is 0 Å². The summed E-state index contributed by atoms with van der Waals surface area (Å²) in [5, 5.41) is 0. The molecule has 0 fully saturated rings. The molecule has 2 heteroatoms. The second-order valence-electron chi connectivity index (χ2n) is 6.36. The van der Waals surface area contributed by atoms with Crippen LogP contribution in [0.4, 0.5) is 0 Å². The first kappa shape index (κ1) is 20.6. The van der Waals surface area contributed by atoms with Crippen LogP contribution in [0.3, 0.4) is 0 Å². The summed E-state index contributed by atoms with van der Waals surface area (Å²) in [6, 6.07) is 0. The van der Waals surface area contributed by atoms with Crippen molar-refractivity contribution in [2.45, 2.75) is 20.8 Å². The fourth-order valence-corrected chi connectivity index (χ4v) is 2.52. The standard InChI is InChI=1S/C23H30BN/c1-7-10-23(15-16-24)25-21(5)12-9-8-11-19(3)20(4)14-13-18(2)17-22(25)6/h7-17,19-20H,1,5-6,24H2,2-4H3/b11-8-,12-9-,14-13-,16-15-,18-17-,23-10+. The average molecular weight is 331 g/mol. The van der Waals surface area contributed by atoms with Gasteiger partial charge in [0, 0.05) is 17.1 Å². The summed E-state index contributed by atoms with van der Waals surface area (Å²) < 4.78 is 0. The number of nitrogens with zero attached hydrogens (tertiary/aromatic N) is 1. The maximum absolute atomic E-state index is 4.26. The summed E-state index contributed by atoms with van der Waals surface area (Å²) in [5.41, 5.74) is 3.86. The maximum atomic E-state index is 4.26. The zero-order chi connectivity index (χ0) is 18.8. The Labute approximate surface area is 154 Å². The van der Waals surface area contributed by atoms with Crippen molar-refractivity contribution in [1.82, 2.24) is 4.90 Å². The van der Waals surface area contributed by atoms with Crippen molar-refractivity contribution in [3.8, 4) is 0 Å². The first-order valence-electron chi connectivity index (χ1n) is 8.75. The van der Waals surface area contributed by atoms with Crippen LogP contribution >= 0.6 is 0 Å². The SMILES string of the molecule is B/C=C\C(=C/C=C)N1C(=C)/C=C\C=C/C(C)C(C)/C=C\C(C)=C/C1=C. The van der Waals surface area contributed by atoms with Crippen molar-refractivity contribution in [1.29, 1.82) is 0 Å². The molecular weight excluding hydrogens is 301 g/mol. The third-order valence-electron chi connectivity index (χ3n) is 4.16. The van der Waals surface area contributed by atoms with Gasteiger partial charge in [0.2, 0.25) is 0 Å². The summed E-state index contributed by atoms with van der Waals surface area (Å²) in [6.07, 6.45) is 20.6. The van der Waals surface area contributed by atoms with Gasteiger partial charge in [-0.2, -0.15) is 0 Å². The van der Waals surface area contributed by atoms with E-state index in [2.05, 4.69) is 70.9 Å². The molecule has 0 spiro atoms. The predicted octanol–water partition coefficient (Wildman–Crippen LogP) is 5.43. The van der Waals surface area contributed by atoms with E-state index in [4.69, 9.17) is 0 Å². The van der Waals surface area contributed by atoms with Gasteiger partial charge in [-0.25, -0.2) is 0 Å². The van der Waals surface area contributed by atoms with Gasteiger partial charge < -0.3 is 4.90 Å². The van der Waals surface area contributed by atoms with Gasteiger partial charge in [-0.05, 0) is 42.6 Å². The highest BCUT2D eigenvalue weighted by Gasteiger charge is 2.12. The Balaban J connectivity index is 3.41. The molecule has 1 rings (SSSR count). The Morgan fingerprint density at radius 1 is 1.08 bits per heavy atom. The second kappa shape index (κ2) is 10.4. The second-order valence-corrected chi connectivity index (χ2v) is 6.36. The normalized spacial score (nSPS) is 29.2. The lowest BCUT2D eigenvalue weighted by Crippen LogP contribution is -2.18. The molecule has 0 saturated heterocycles. The molecule has 0 bridgehead atoms. The fraction of sp³-hybridized carbons (Fsp3) is 0.217. The number of hydrogen-bond donors (Lipinski definition) is 0. The van der Waals surface area contributed by atoms with Crippen molar-refractivity contribution in [3.63, 3.8) is 0 Å². The molecule has 1 nitrogen and oxygen atoms in total. The van der Waals surface area contributed by atoms with Gasteiger partial charge in [-0.1, -0.05) is 76.1 Å². The van der Waals surface area contributed by atoms with Crippen LogP contribution < -0.4 is 0 Å². The van der Waals surface area contributed by atoms with Gasteiger partial charge >= 0.3 is 0 Å². The van der Waals surface area contributed by atoms with Crippen LogP contribution in [0.2, 0.25) is 0 Å². The minimum absolute atomic E-state index is 0.473.